The number of benzene rings is 1. The summed E-state index contributed by atoms with van der Waals surface area (Å²) in [7, 11) is 4.49. The van der Waals surface area contributed by atoms with Crippen molar-refractivity contribution in [1.82, 2.24) is 4.90 Å². The maximum atomic E-state index is 2.46. The molecule has 1 saturated carbocycles. The second kappa shape index (κ2) is 6.42. The van der Waals surface area contributed by atoms with Crippen molar-refractivity contribution in [1.29, 1.82) is 0 Å². The molecule has 0 amide bonds. The Morgan fingerprint density at radius 1 is 1.00 bits per heavy atom. The molecule has 2 heteroatoms. The molecule has 1 fully saturated rings. The number of rotatable bonds is 3. The fourth-order valence-corrected chi connectivity index (χ4v) is 2.97. The van der Waals surface area contributed by atoms with Gasteiger partial charge in [-0.25, -0.2) is 0 Å². The van der Waals surface area contributed by atoms with E-state index in [1.807, 2.05) is 0 Å². The first kappa shape index (κ1) is 14.5. The summed E-state index contributed by atoms with van der Waals surface area (Å²) in [6.45, 7) is 0. The first-order chi connectivity index (χ1) is 7.73. The van der Waals surface area contributed by atoms with E-state index in [0.717, 1.165) is 0 Å². The highest BCUT2D eigenvalue weighted by atomic mass is 35.5. The van der Waals surface area contributed by atoms with Gasteiger partial charge in [-0.15, -0.1) is 12.4 Å². The molecule has 0 aliphatic heterocycles. The number of nitrogens with zero attached hydrogens (tertiary/aromatic N) is 1. The van der Waals surface area contributed by atoms with Crippen molar-refractivity contribution in [3.8, 4) is 0 Å². The van der Waals surface area contributed by atoms with Crippen LogP contribution in [-0.4, -0.2) is 24.5 Å². The van der Waals surface area contributed by atoms with E-state index in [4.69, 9.17) is 0 Å². The van der Waals surface area contributed by atoms with Gasteiger partial charge in [-0.3, -0.25) is 0 Å². The lowest BCUT2D eigenvalue weighted by molar-refractivity contribution is 0.100. The second-order valence-corrected chi connectivity index (χ2v) is 5.34. The zero-order valence-electron chi connectivity index (χ0n) is 11.0. The van der Waals surface area contributed by atoms with Crippen LogP contribution >= 0.6 is 12.4 Å². The van der Waals surface area contributed by atoms with Crippen molar-refractivity contribution in [2.75, 3.05) is 14.1 Å². The molecule has 0 N–H and O–H groups in total. The van der Waals surface area contributed by atoms with Crippen LogP contribution < -0.4 is 0 Å². The zero-order chi connectivity index (χ0) is 11.4. The van der Waals surface area contributed by atoms with Crippen molar-refractivity contribution in [3.05, 3.63) is 35.9 Å². The fourth-order valence-electron chi connectivity index (χ4n) is 2.97. The van der Waals surface area contributed by atoms with E-state index in [1.165, 1.54) is 44.1 Å². The summed E-state index contributed by atoms with van der Waals surface area (Å²) in [4.78, 5) is 2.46. The number of hydrogen-bond acceptors (Lipinski definition) is 1. The molecular formula is C15H24ClN. The van der Waals surface area contributed by atoms with Crippen LogP contribution in [0.4, 0.5) is 0 Å². The van der Waals surface area contributed by atoms with Gasteiger partial charge in [-0.05, 0) is 38.9 Å². The quantitative estimate of drug-likeness (QED) is 0.789. The normalized spacial score (nSPS) is 18.8. The largest absolute Gasteiger partial charge is 0.303 e. The number of likely N-dealkylation sites (N-methyl/N-ethyl adjacent to an activating group) is 1. The van der Waals surface area contributed by atoms with Gasteiger partial charge >= 0.3 is 0 Å². The molecular weight excluding hydrogens is 230 g/mol. The monoisotopic (exact) mass is 253 g/mol. The predicted octanol–water partition coefficient (Wildman–Crippen LogP) is 3.92. The molecule has 1 aliphatic rings. The van der Waals surface area contributed by atoms with Gasteiger partial charge in [0.2, 0.25) is 0 Å². The second-order valence-electron chi connectivity index (χ2n) is 5.34. The lowest BCUT2D eigenvalue weighted by Crippen LogP contribution is -2.47. The SMILES string of the molecule is CN(C)C1(Cc2ccccc2)CCCCC1.Cl. The van der Waals surface area contributed by atoms with Gasteiger partial charge in [0.1, 0.15) is 0 Å². The van der Waals surface area contributed by atoms with Gasteiger partial charge in [0, 0.05) is 5.54 Å². The summed E-state index contributed by atoms with van der Waals surface area (Å²) in [6.07, 6.45) is 8.13. The highest BCUT2D eigenvalue weighted by Gasteiger charge is 2.33. The Bertz CT molecular complexity index is 315. The van der Waals surface area contributed by atoms with Crippen molar-refractivity contribution < 1.29 is 0 Å². The molecule has 1 aromatic rings. The van der Waals surface area contributed by atoms with Gasteiger partial charge in [0.15, 0.2) is 0 Å². The number of hydrogen-bond donors (Lipinski definition) is 0. The van der Waals surface area contributed by atoms with E-state index in [2.05, 4.69) is 49.3 Å². The Morgan fingerprint density at radius 3 is 2.12 bits per heavy atom. The van der Waals surface area contributed by atoms with Crippen LogP contribution in [0.5, 0.6) is 0 Å². The molecule has 0 aromatic heterocycles. The van der Waals surface area contributed by atoms with Gasteiger partial charge in [-0.2, -0.15) is 0 Å². The molecule has 0 heterocycles. The van der Waals surface area contributed by atoms with E-state index in [9.17, 15) is 0 Å². The van der Waals surface area contributed by atoms with E-state index in [0.29, 0.717) is 5.54 Å². The Balaban J connectivity index is 0.00000144. The highest BCUT2D eigenvalue weighted by molar-refractivity contribution is 5.85. The van der Waals surface area contributed by atoms with Crippen LogP contribution in [0.2, 0.25) is 0 Å². The third-order valence-corrected chi connectivity index (χ3v) is 4.11. The molecule has 96 valence electrons. The molecule has 1 aromatic carbocycles. The molecule has 0 unspecified atom stereocenters. The van der Waals surface area contributed by atoms with E-state index in [-0.39, 0.29) is 12.4 Å². The van der Waals surface area contributed by atoms with E-state index >= 15 is 0 Å². The molecule has 2 rings (SSSR count). The highest BCUT2D eigenvalue weighted by Crippen LogP contribution is 2.35. The predicted molar refractivity (Wildman–Crippen MR) is 76.9 cm³/mol. The summed E-state index contributed by atoms with van der Waals surface area (Å²) in [5.41, 5.74) is 1.90. The first-order valence-electron chi connectivity index (χ1n) is 6.44. The number of halogens is 1. The van der Waals surface area contributed by atoms with E-state index in [1.54, 1.807) is 0 Å². The van der Waals surface area contributed by atoms with Crippen molar-refractivity contribution in [2.45, 2.75) is 44.1 Å². The van der Waals surface area contributed by atoms with Crippen LogP contribution in [0.1, 0.15) is 37.7 Å². The third kappa shape index (κ3) is 3.46. The Kier molecular flexibility index (Phi) is 5.48. The maximum Gasteiger partial charge on any atom is 0.0243 e. The summed E-state index contributed by atoms with van der Waals surface area (Å²) in [5.74, 6) is 0. The minimum atomic E-state index is 0. The van der Waals surface area contributed by atoms with Crippen molar-refractivity contribution in [3.63, 3.8) is 0 Å². The summed E-state index contributed by atoms with van der Waals surface area (Å²) in [6, 6.07) is 10.9. The Hall–Kier alpha value is -0.530. The minimum Gasteiger partial charge on any atom is -0.303 e. The minimum absolute atomic E-state index is 0. The third-order valence-electron chi connectivity index (χ3n) is 4.11. The van der Waals surface area contributed by atoms with Crippen LogP contribution in [-0.2, 0) is 6.42 Å². The van der Waals surface area contributed by atoms with Gasteiger partial charge in [0.05, 0.1) is 0 Å². The maximum absolute atomic E-state index is 2.46. The zero-order valence-corrected chi connectivity index (χ0v) is 11.8. The lowest BCUT2D eigenvalue weighted by atomic mass is 9.76. The molecule has 0 saturated heterocycles. The molecule has 0 radical (unpaired) electrons. The smallest absolute Gasteiger partial charge is 0.0243 e. The van der Waals surface area contributed by atoms with Gasteiger partial charge in [-0.1, -0.05) is 49.6 Å². The van der Waals surface area contributed by atoms with Crippen molar-refractivity contribution in [2.24, 2.45) is 0 Å². The molecule has 0 atom stereocenters. The average Bonchev–Trinajstić information content (AvgIpc) is 2.31. The van der Waals surface area contributed by atoms with Crippen LogP contribution in [0.15, 0.2) is 30.3 Å². The lowest BCUT2D eigenvalue weighted by Gasteiger charge is -2.43. The Labute approximate surface area is 112 Å². The molecule has 0 bridgehead atoms. The topological polar surface area (TPSA) is 3.24 Å². The summed E-state index contributed by atoms with van der Waals surface area (Å²) in [5, 5.41) is 0. The van der Waals surface area contributed by atoms with E-state index < -0.39 is 0 Å². The summed E-state index contributed by atoms with van der Waals surface area (Å²) < 4.78 is 0. The molecule has 17 heavy (non-hydrogen) atoms. The fraction of sp³-hybridized carbons (Fsp3) is 0.600. The van der Waals surface area contributed by atoms with Crippen LogP contribution in [0.25, 0.3) is 0 Å². The molecule has 0 spiro atoms. The van der Waals surface area contributed by atoms with Gasteiger partial charge < -0.3 is 4.90 Å². The Morgan fingerprint density at radius 2 is 1.59 bits per heavy atom. The molecule has 1 nitrogen and oxygen atoms in total. The van der Waals surface area contributed by atoms with Crippen LogP contribution in [0.3, 0.4) is 0 Å². The summed E-state index contributed by atoms with van der Waals surface area (Å²) >= 11 is 0. The van der Waals surface area contributed by atoms with Gasteiger partial charge in [0.25, 0.3) is 0 Å². The standard InChI is InChI=1S/C15H23N.ClH/c1-16(2)15(11-7-4-8-12-15)13-14-9-5-3-6-10-14;/h3,5-6,9-10H,4,7-8,11-13H2,1-2H3;1H. The average molecular weight is 254 g/mol. The van der Waals surface area contributed by atoms with Crippen molar-refractivity contribution >= 4 is 12.4 Å². The molecule has 1 aliphatic carbocycles. The van der Waals surface area contributed by atoms with Crippen LogP contribution in [0, 0.1) is 0 Å². The first-order valence-corrected chi connectivity index (χ1v) is 6.44.